The summed E-state index contributed by atoms with van der Waals surface area (Å²) in [5, 5.41) is 20.1. The van der Waals surface area contributed by atoms with Gasteiger partial charge in [0, 0.05) is 0 Å². The fourth-order valence-electron chi connectivity index (χ4n) is 2.42. The van der Waals surface area contributed by atoms with Crippen LogP contribution in [0.3, 0.4) is 0 Å². The van der Waals surface area contributed by atoms with Gasteiger partial charge in [0.05, 0.1) is 0 Å². The average molecular weight is 270 g/mol. The first-order valence-corrected chi connectivity index (χ1v) is 7.06. The SMILES string of the molecule is CC(C)c1ccc(-c2ccc(C(C)C)c(O)c2)cc1O. The quantitative estimate of drug-likeness (QED) is 0.822. The molecule has 0 amide bonds. The van der Waals surface area contributed by atoms with Gasteiger partial charge in [0.2, 0.25) is 0 Å². The van der Waals surface area contributed by atoms with E-state index in [1.807, 2.05) is 24.3 Å². The summed E-state index contributed by atoms with van der Waals surface area (Å²) in [5.74, 6) is 1.20. The lowest BCUT2D eigenvalue weighted by Gasteiger charge is -2.12. The molecule has 2 rings (SSSR count). The van der Waals surface area contributed by atoms with Crippen LogP contribution < -0.4 is 0 Å². The summed E-state index contributed by atoms with van der Waals surface area (Å²) in [4.78, 5) is 0. The molecule has 0 aliphatic heterocycles. The molecule has 0 unspecified atom stereocenters. The van der Waals surface area contributed by atoms with Crippen molar-refractivity contribution in [3.05, 3.63) is 47.5 Å². The highest BCUT2D eigenvalue weighted by atomic mass is 16.3. The Morgan fingerprint density at radius 3 is 1.25 bits per heavy atom. The van der Waals surface area contributed by atoms with E-state index in [4.69, 9.17) is 0 Å². The lowest BCUT2D eigenvalue weighted by molar-refractivity contribution is 0.463. The summed E-state index contributed by atoms with van der Waals surface area (Å²) >= 11 is 0. The second-order valence-corrected chi connectivity index (χ2v) is 5.86. The van der Waals surface area contributed by atoms with Crippen molar-refractivity contribution in [3.63, 3.8) is 0 Å². The van der Waals surface area contributed by atoms with Crippen LogP contribution in [0.25, 0.3) is 11.1 Å². The number of rotatable bonds is 3. The zero-order valence-corrected chi connectivity index (χ0v) is 12.5. The molecule has 0 aromatic heterocycles. The van der Waals surface area contributed by atoms with Crippen molar-refractivity contribution in [2.75, 3.05) is 0 Å². The molecule has 0 fully saturated rings. The van der Waals surface area contributed by atoms with E-state index < -0.39 is 0 Å². The van der Waals surface area contributed by atoms with Crippen LogP contribution >= 0.6 is 0 Å². The monoisotopic (exact) mass is 270 g/mol. The van der Waals surface area contributed by atoms with Gasteiger partial charge in [-0.1, -0.05) is 52.0 Å². The van der Waals surface area contributed by atoms with Crippen molar-refractivity contribution in [3.8, 4) is 22.6 Å². The van der Waals surface area contributed by atoms with E-state index >= 15 is 0 Å². The largest absolute Gasteiger partial charge is 0.508 e. The topological polar surface area (TPSA) is 40.5 Å². The number of benzene rings is 2. The minimum atomic E-state index is 0.292. The highest BCUT2D eigenvalue weighted by molar-refractivity contribution is 5.68. The van der Waals surface area contributed by atoms with E-state index in [2.05, 4.69) is 27.7 Å². The molecule has 106 valence electrons. The van der Waals surface area contributed by atoms with Crippen molar-refractivity contribution < 1.29 is 10.2 Å². The van der Waals surface area contributed by atoms with Gasteiger partial charge >= 0.3 is 0 Å². The molecule has 2 aromatic rings. The summed E-state index contributed by atoms with van der Waals surface area (Å²) in [7, 11) is 0. The maximum absolute atomic E-state index is 10.1. The van der Waals surface area contributed by atoms with Crippen LogP contribution in [0.5, 0.6) is 11.5 Å². The van der Waals surface area contributed by atoms with Crippen molar-refractivity contribution >= 4 is 0 Å². The van der Waals surface area contributed by atoms with Gasteiger partial charge in [-0.15, -0.1) is 0 Å². The first kappa shape index (κ1) is 14.4. The Hall–Kier alpha value is -1.96. The van der Waals surface area contributed by atoms with Gasteiger partial charge in [0.25, 0.3) is 0 Å². The standard InChI is InChI=1S/C18H22O2/c1-11(2)15-7-5-13(9-17(15)19)14-6-8-16(12(3)4)18(20)10-14/h5-12,19-20H,1-4H3. The third-order valence-electron chi connectivity index (χ3n) is 3.64. The van der Waals surface area contributed by atoms with Crippen LogP contribution in [0.4, 0.5) is 0 Å². The number of hydrogen-bond donors (Lipinski definition) is 2. The molecule has 0 radical (unpaired) electrons. The number of phenolic OH excluding ortho intramolecular Hbond substituents is 2. The molecule has 0 aliphatic carbocycles. The number of hydrogen-bond acceptors (Lipinski definition) is 2. The Balaban J connectivity index is 2.42. The van der Waals surface area contributed by atoms with E-state index in [1.54, 1.807) is 12.1 Å². The van der Waals surface area contributed by atoms with Crippen LogP contribution in [0.1, 0.15) is 50.7 Å². The molecule has 20 heavy (non-hydrogen) atoms. The average Bonchev–Trinajstić information content (AvgIpc) is 2.37. The van der Waals surface area contributed by atoms with Crippen molar-refractivity contribution in [1.82, 2.24) is 0 Å². The third-order valence-corrected chi connectivity index (χ3v) is 3.64. The van der Waals surface area contributed by atoms with Crippen molar-refractivity contribution in [2.24, 2.45) is 0 Å². The minimum absolute atomic E-state index is 0.292. The first-order valence-electron chi connectivity index (χ1n) is 7.06. The molecule has 2 nitrogen and oxygen atoms in total. The predicted molar refractivity (Wildman–Crippen MR) is 83.4 cm³/mol. The molecule has 2 heteroatoms. The maximum atomic E-state index is 10.1. The fourth-order valence-corrected chi connectivity index (χ4v) is 2.42. The van der Waals surface area contributed by atoms with Gasteiger partial charge in [-0.2, -0.15) is 0 Å². The van der Waals surface area contributed by atoms with E-state index in [9.17, 15) is 10.2 Å². The minimum Gasteiger partial charge on any atom is -0.508 e. The molecular weight excluding hydrogens is 248 g/mol. The Morgan fingerprint density at radius 1 is 0.650 bits per heavy atom. The van der Waals surface area contributed by atoms with Gasteiger partial charge in [-0.25, -0.2) is 0 Å². The zero-order chi connectivity index (χ0) is 14.9. The Kier molecular flexibility index (Phi) is 4.03. The normalized spacial score (nSPS) is 11.3. The Bertz CT molecular complexity index is 557. The lowest BCUT2D eigenvalue weighted by atomic mass is 9.95. The van der Waals surface area contributed by atoms with Gasteiger partial charge in [0.1, 0.15) is 11.5 Å². The van der Waals surface area contributed by atoms with Gasteiger partial charge < -0.3 is 10.2 Å². The maximum Gasteiger partial charge on any atom is 0.119 e. The molecule has 2 aromatic carbocycles. The summed E-state index contributed by atoms with van der Waals surface area (Å²) < 4.78 is 0. The molecule has 0 saturated heterocycles. The molecule has 0 atom stereocenters. The van der Waals surface area contributed by atoms with E-state index in [0.717, 1.165) is 22.3 Å². The molecule has 0 bridgehead atoms. The zero-order valence-electron chi connectivity index (χ0n) is 12.5. The Labute approximate surface area is 120 Å². The number of phenols is 2. The second-order valence-electron chi connectivity index (χ2n) is 5.86. The third kappa shape index (κ3) is 2.79. The highest BCUT2D eigenvalue weighted by Gasteiger charge is 2.10. The van der Waals surface area contributed by atoms with E-state index in [-0.39, 0.29) is 0 Å². The first-order chi connectivity index (χ1) is 9.40. The molecule has 0 saturated carbocycles. The summed E-state index contributed by atoms with van der Waals surface area (Å²) in [6.45, 7) is 8.21. The fraction of sp³-hybridized carbons (Fsp3) is 0.333. The smallest absolute Gasteiger partial charge is 0.119 e. The van der Waals surface area contributed by atoms with Crippen molar-refractivity contribution in [2.45, 2.75) is 39.5 Å². The summed E-state index contributed by atoms with van der Waals surface area (Å²) in [6.07, 6.45) is 0. The second kappa shape index (κ2) is 5.58. The lowest BCUT2D eigenvalue weighted by Crippen LogP contribution is -1.90. The van der Waals surface area contributed by atoms with Crippen LogP contribution in [0.2, 0.25) is 0 Å². The predicted octanol–water partition coefficient (Wildman–Crippen LogP) is 5.01. The van der Waals surface area contributed by atoms with Crippen LogP contribution in [-0.2, 0) is 0 Å². The summed E-state index contributed by atoms with van der Waals surface area (Å²) in [5.41, 5.74) is 3.71. The van der Waals surface area contributed by atoms with Gasteiger partial charge in [-0.05, 0) is 46.2 Å². The van der Waals surface area contributed by atoms with Crippen LogP contribution in [-0.4, -0.2) is 10.2 Å². The van der Waals surface area contributed by atoms with Crippen molar-refractivity contribution in [1.29, 1.82) is 0 Å². The molecule has 0 spiro atoms. The molecule has 0 heterocycles. The van der Waals surface area contributed by atoms with Gasteiger partial charge in [-0.3, -0.25) is 0 Å². The van der Waals surface area contributed by atoms with Crippen LogP contribution in [0, 0.1) is 0 Å². The highest BCUT2D eigenvalue weighted by Crippen LogP contribution is 2.34. The molecular formula is C18H22O2. The van der Waals surface area contributed by atoms with Crippen LogP contribution in [0.15, 0.2) is 36.4 Å². The Morgan fingerprint density at radius 2 is 1.00 bits per heavy atom. The summed E-state index contributed by atoms with van der Waals surface area (Å²) in [6, 6.07) is 11.4. The van der Waals surface area contributed by atoms with E-state index in [0.29, 0.717) is 23.3 Å². The molecule has 0 aliphatic rings. The molecule has 2 N–H and O–H groups in total. The number of aromatic hydroxyl groups is 2. The van der Waals surface area contributed by atoms with E-state index in [1.165, 1.54) is 0 Å². The van der Waals surface area contributed by atoms with Gasteiger partial charge in [0.15, 0.2) is 0 Å².